The van der Waals surface area contributed by atoms with Gasteiger partial charge in [0.05, 0.1) is 18.7 Å². The van der Waals surface area contributed by atoms with Crippen molar-refractivity contribution in [1.29, 1.82) is 5.26 Å². The van der Waals surface area contributed by atoms with Crippen LogP contribution in [-0.2, 0) is 16.1 Å². The average Bonchev–Trinajstić information content (AvgIpc) is 2.60. The molecule has 0 fully saturated rings. The van der Waals surface area contributed by atoms with Crippen molar-refractivity contribution in [2.45, 2.75) is 19.6 Å². The first-order valence-corrected chi connectivity index (χ1v) is 7.09. The molecule has 0 spiro atoms. The molecule has 23 heavy (non-hydrogen) atoms. The van der Waals surface area contributed by atoms with Gasteiger partial charge in [0.25, 0.3) is 0 Å². The van der Waals surface area contributed by atoms with Crippen LogP contribution in [0, 0.1) is 11.3 Å². The van der Waals surface area contributed by atoms with E-state index in [0.717, 1.165) is 5.56 Å². The van der Waals surface area contributed by atoms with Crippen LogP contribution in [0.1, 0.15) is 18.1 Å². The normalized spacial score (nSPS) is 11.2. The van der Waals surface area contributed by atoms with E-state index >= 15 is 0 Å². The molecule has 2 aromatic carbocycles. The lowest BCUT2D eigenvalue weighted by molar-refractivity contribution is -0.152. The monoisotopic (exact) mass is 311 g/mol. The molecule has 0 aliphatic carbocycles. The predicted octanol–water partition coefficient (Wildman–Crippen LogP) is 3.08. The fraction of sp³-hybridized carbons (Fsp3) is 0.222. The Morgan fingerprint density at radius 3 is 2.52 bits per heavy atom. The van der Waals surface area contributed by atoms with Gasteiger partial charge in [0.2, 0.25) is 0 Å². The standard InChI is InChI=1S/C18H17NO4/c1-13(23-17-8-6-16(21-2)7-9-17)18(20)22-12-15-5-3-4-14(10-15)11-19/h3-10,13H,12H2,1-2H3. The van der Waals surface area contributed by atoms with E-state index in [1.54, 1.807) is 62.6 Å². The van der Waals surface area contributed by atoms with Crippen molar-refractivity contribution in [1.82, 2.24) is 0 Å². The summed E-state index contributed by atoms with van der Waals surface area (Å²) in [5.74, 6) is 0.801. The van der Waals surface area contributed by atoms with Crippen molar-refractivity contribution in [3.63, 3.8) is 0 Å². The molecule has 1 unspecified atom stereocenters. The molecule has 0 aliphatic rings. The molecule has 0 radical (unpaired) electrons. The first kappa shape index (κ1) is 16.4. The second-order valence-electron chi connectivity index (χ2n) is 4.86. The van der Waals surface area contributed by atoms with Crippen LogP contribution in [0.2, 0.25) is 0 Å². The van der Waals surface area contributed by atoms with Crippen LogP contribution < -0.4 is 9.47 Å². The molecule has 0 amide bonds. The molecule has 0 saturated carbocycles. The van der Waals surface area contributed by atoms with Crippen LogP contribution in [0.5, 0.6) is 11.5 Å². The second-order valence-corrected chi connectivity index (χ2v) is 4.86. The number of hydrogen-bond donors (Lipinski definition) is 0. The lowest BCUT2D eigenvalue weighted by atomic mass is 10.1. The second kappa shape index (κ2) is 7.85. The van der Waals surface area contributed by atoms with E-state index in [4.69, 9.17) is 19.5 Å². The van der Waals surface area contributed by atoms with E-state index in [9.17, 15) is 4.79 Å². The van der Waals surface area contributed by atoms with Gasteiger partial charge in [-0.25, -0.2) is 4.79 Å². The molecule has 0 saturated heterocycles. The molecule has 118 valence electrons. The summed E-state index contributed by atoms with van der Waals surface area (Å²) in [7, 11) is 1.58. The van der Waals surface area contributed by atoms with E-state index < -0.39 is 12.1 Å². The van der Waals surface area contributed by atoms with Crippen molar-refractivity contribution < 1.29 is 19.0 Å². The zero-order valence-corrected chi connectivity index (χ0v) is 13.0. The molecule has 2 rings (SSSR count). The van der Waals surface area contributed by atoms with Crippen molar-refractivity contribution in [3.05, 3.63) is 59.7 Å². The number of methoxy groups -OCH3 is 1. The van der Waals surface area contributed by atoms with Crippen LogP contribution in [0.4, 0.5) is 0 Å². The van der Waals surface area contributed by atoms with E-state index in [0.29, 0.717) is 17.1 Å². The van der Waals surface area contributed by atoms with Gasteiger partial charge < -0.3 is 14.2 Å². The summed E-state index contributed by atoms with van der Waals surface area (Å²) in [6.45, 7) is 1.73. The highest BCUT2D eigenvalue weighted by atomic mass is 16.6. The molecule has 0 aromatic heterocycles. The third-order valence-corrected chi connectivity index (χ3v) is 3.14. The first-order chi connectivity index (χ1) is 11.1. The highest BCUT2D eigenvalue weighted by Crippen LogP contribution is 2.18. The van der Waals surface area contributed by atoms with Crippen LogP contribution in [0.25, 0.3) is 0 Å². The number of rotatable bonds is 6. The van der Waals surface area contributed by atoms with E-state index in [2.05, 4.69) is 0 Å². The Kier molecular flexibility index (Phi) is 5.59. The van der Waals surface area contributed by atoms with E-state index in [-0.39, 0.29) is 6.61 Å². The van der Waals surface area contributed by atoms with Gasteiger partial charge in [0.15, 0.2) is 6.10 Å². The van der Waals surface area contributed by atoms with Crippen LogP contribution in [0.15, 0.2) is 48.5 Å². The van der Waals surface area contributed by atoms with Crippen molar-refractivity contribution in [3.8, 4) is 17.6 Å². The first-order valence-electron chi connectivity index (χ1n) is 7.09. The maximum atomic E-state index is 12.0. The molecule has 5 nitrogen and oxygen atoms in total. The van der Waals surface area contributed by atoms with Crippen LogP contribution >= 0.6 is 0 Å². The molecule has 0 N–H and O–H groups in total. The zero-order valence-electron chi connectivity index (χ0n) is 13.0. The van der Waals surface area contributed by atoms with Gasteiger partial charge in [0, 0.05) is 0 Å². The Hall–Kier alpha value is -3.00. The molecule has 2 aromatic rings. The number of nitriles is 1. The summed E-state index contributed by atoms with van der Waals surface area (Å²) in [5.41, 5.74) is 1.29. The van der Waals surface area contributed by atoms with Crippen LogP contribution in [0.3, 0.4) is 0 Å². The Morgan fingerprint density at radius 2 is 1.87 bits per heavy atom. The maximum Gasteiger partial charge on any atom is 0.347 e. The maximum absolute atomic E-state index is 12.0. The van der Waals surface area contributed by atoms with E-state index in [1.807, 2.05) is 6.07 Å². The summed E-state index contributed by atoms with van der Waals surface area (Å²) >= 11 is 0. The zero-order chi connectivity index (χ0) is 16.7. The van der Waals surface area contributed by atoms with Crippen molar-refractivity contribution in [2.24, 2.45) is 0 Å². The molecule has 0 bridgehead atoms. The molecular weight excluding hydrogens is 294 g/mol. The van der Waals surface area contributed by atoms with E-state index in [1.165, 1.54) is 0 Å². The number of nitrogens with zero attached hydrogens (tertiary/aromatic N) is 1. The van der Waals surface area contributed by atoms with Gasteiger partial charge >= 0.3 is 5.97 Å². The molecule has 5 heteroatoms. The van der Waals surface area contributed by atoms with Crippen molar-refractivity contribution in [2.75, 3.05) is 7.11 Å². The lowest BCUT2D eigenvalue weighted by Gasteiger charge is -2.14. The van der Waals surface area contributed by atoms with Gasteiger partial charge in [-0.1, -0.05) is 12.1 Å². The third kappa shape index (κ3) is 4.75. The predicted molar refractivity (Wildman–Crippen MR) is 84.0 cm³/mol. The van der Waals surface area contributed by atoms with Crippen molar-refractivity contribution >= 4 is 5.97 Å². The smallest absolute Gasteiger partial charge is 0.347 e. The largest absolute Gasteiger partial charge is 0.497 e. The fourth-order valence-electron chi connectivity index (χ4n) is 1.91. The summed E-state index contributed by atoms with van der Waals surface area (Å²) in [4.78, 5) is 12.0. The highest BCUT2D eigenvalue weighted by Gasteiger charge is 2.16. The average molecular weight is 311 g/mol. The number of esters is 1. The minimum atomic E-state index is -0.734. The van der Waals surface area contributed by atoms with Gasteiger partial charge in [-0.15, -0.1) is 0 Å². The molecule has 1 atom stereocenters. The SMILES string of the molecule is COc1ccc(OC(C)C(=O)OCc2cccc(C#N)c2)cc1. The number of ether oxygens (including phenoxy) is 3. The molecule has 0 aliphatic heterocycles. The summed E-state index contributed by atoms with van der Waals surface area (Å²) in [6.07, 6.45) is -0.734. The minimum absolute atomic E-state index is 0.102. The lowest BCUT2D eigenvalue weighted by Crippen LogP contribution is -2.26. The highest BCUT2D eigenvalue weighted by molar-refractivity contribution is 5.74. The van der Waals surface area contributed by atoms with Gasteiger partial charge in [-0.3, -0.25) is 0 Å². The summed E-state index contributed by atoms with van der Waals surface area (Å²) in [5, 5.41) is 8.84. The summed E-state index contributed by atoms with van der Waals surface area (Å²) < 4.78 is 15.8. The summed E-state index contributed by atoms with van der Waals surface area (Å²) in [6, 6.07) is 15.9. The Balaban J connectivity index is 1.88. The minimum Gasteiger partial charge on any atom is -0.497 e. The van der Waals surface area contributed by atoms with Gasteiger partial charge in [-0.2, -0.15) is 5.26 Å². The topological polar surface area (TPSA) is 68.6 Å². The third-order valence-electron chi connectivity index (χ3n) is 3.14. The van der Waals surface area contributed by atoms with Crippen LogP contribution in [-0.4, -0.2) is 19.2 Å². The number of hydrogen-bond acceptors (Lipinski definition) is 5. The number of carbonyl (C=O) groups is 1. The Morgan fingerprint density at radius 1 is 1.17 bits per heavy atom. The Labute approximate surface area is 135 Å². The molecule has 0 heterocycles. The van der Waals surface area contributed by atoms with Gasteiger partial charge in [0.1, 0.15) is 18.1 Å². The Bertz CT molecular complexity index is 704. The quantitative estimate of drug-likeness (QED) is 0.767. The number of benzene rings is 2. The number of carbonyl (C=O) groups excluding carboxylic acids is 1. The fourth-order valence-corrected chi connectivity index (χ4v) is 1.91. The van der Waals surface area contributed by atoms with Gasteiger partial charge in [-0.05, 0) is 48.9 Å². The molecular formula is C18H17NO4.